The molecule has 9 heteroatoms. The lowest BCUT2D eigenvalue weighted by atomic mass is 10.2. The van der Waals surface area contributed by atoms with Gasteiger partial charge in [0.2, 0.25) is 0 Å². The molecule has 30 heavy (non-hydrogen) atoms. The fraction of sp³-hybridized carbons (Fsp3) is 0.429. The zero-order valence-corrected chi connectivity index (χ0v) is 19.7. The van der Waals surface area contributed by atoms with Gasteiger partial charge in [-0.15, -0.1) is 0 Å². The summed E-state index contributed by atoms with van der Waals surface area (Å²) < 4.78 is 2.11. The molecule has 2 saturated heterocycles. The predicted octanol–water partition coefficient (Wildman–Crippen LogP) is 3.56. The normalized spacial score (nSPS) is 19.9. The highest BCUT2D eigenvalue weighted by molar-refractivity contribution is 8.26. The average Bonchev–Trinajstić information content (AvgIpc) is 3.03. The molecule has 4 rings (SSSR count). The van der Waals surface area contributed by atoms with Crippen molar-refractivity contribution in [3.63, 3.8) is 0 Å². The first-order valence-corrected chi connectivity index (χ1v) is 12.4. The van der Waals surface area contributed by atoms with Gasteiger partial charge in [0.1, 0.15) is 15.8 Å². The van der Waals surface area contributed by atoms with Gasteiger partial charge in [0, 0.05) is 36.8 Å². The lowest BCUT2D eigenvalue weighted by Crippen LogP contribution is -2.36. The van der Waals surface area contributed by atoms with E-state index >= 15 is 0 Å². The van der Waals surface area contributed by atoms with E-state index in [4.69, 9.17) is 17.2 Å². The van der Waals surface area contributed by atoms with Gasteiger partial charge in [-0.2, -0.15) is 11.8 Å². The average molecular weight is 461 g/mol. The van der Waals surface area contributed by atoms with Gasteiger partial charge >= 0.3 is 0 Å². The lowest BCUT2D eigenvalue weighted by molar-refractivity contribution is -0.123. The van der Waals surface area contributed by atoms with Crippen molar-refractivity contribution in [3.8, 4) is 0 Å². The standard InChI is InChI=1S/C21H24N4O2S3/c1-4-14(3)25-20(27)16(30-21(25)28)12-15-18(23-8-10-29-11-9-23)22-17-13(2)6-5-7-24(17)19(15)26/h5-7,12,14H,4,8-11H2,1-3H3. The van der Waals surface area contributed by atoms with E-state index in [9.17, 15) is 9.59 Å². The first-order valence-electron chi connectivity index (χ1n) is 10.0. The van der Waals surface area contributed by atoms with E-state index in [2.05, 4.69) is 4.90 Å². The quantitative estimate of drug-likeness (QED) is 0.511. The van der Waals surface area contributed by atoms with Crippen LogP contribution in [0, 0.1) is 6.92 Å². The number of thiocarbonyl (C=S) groups is 1. The highest BCUT2D eigenvalue weighted by Crippen LogP contribution is 2.35. The molecule has 0 bridgehead atoms. The van der Waals surface area contributed by atoms with Crippen molar-refractivity contribution in [2.45, 2.75) is 33.2 Å². The Kier molecular flexibility index (Phi) is 6.22. The maximum Gasteiger partial charge on any atom is 0.267 e. The molecule has 0 saturated carbocycles. The number of nitrogens with zero attached hydrogens (tertiary/aromatic N) is 4. The van der Waals surface area contributed by atoms with Gasteiger partial charge in [0.25, 0.3) is 11.5 Å². The van der Waals surface area contributed by atoms with Crippen molar-refractivity contribution in [1.29, 1.82) is 0 Å². The number of aryl methyl sites for hydroxylation is 1. The Bertz CT molecular complexity index is 1110. The summed E-state index contributed by atoms with van der Waals surface area (Å²) in [5.74, 6) is 2.51. The minimum atomic E-state index is -0.161. The molecule has 6 nitrogen and oxygen atoms in total. The third-order valence-corrected chi connectivity index (χ3v) is 7.78. The van der Waals surface area contributed by atoms with Crippen LogP contribution in [-0.2, 0) is 4.79 Å². The summed E-state index contributed by atoms with van der Waals surface area (Å²) >= 11 is 8.62. The van der Waals surface area contributed by atoms with Gasteiger partial charge in [-0.25, -0.2) is 4.98 Å². The van der Waals surface area contributed by atoms with Crippen LogP contribution in [0.15, 0.2) is 28.0 Å². The molecule has 2 aromatic heterocycles. The Morgan fingerprint density at radius 3 is 2.73 bits per heavy atom. The molecule has 1 unspecified atom stereocenters. The summed E-state index contributed by atoms with van der Waals surface area (Å²) in [5, 5.41) is 0. The van der Waals surface area contributed by atoms with Crippen molar-refractivity contribution in [1.82, 2.24) is 14.3 Å². The zero-order valence-electron chi connectivity index (χ0n) is 17.3. The van der Waals surface area contributed by atoms with Gasteiger partial charge in [-0.3, -0.25) is 18.9 Å². The van der Waals surface area contributed by atoms with E-state index < -0.39 is 0 Å². The maximum atomic E-state index is 13.5. The molecule has 0 radical (unpaired) electrons. The molecule has 0 spiro atoms. The van der Waals surface area contributed by atoms with Gasteiger partial charge < -0.3 is 4.90 Å². The minimum absolute atomic E-state index is 0.0282. The second-order valence-electron chi connectivity index (χ2n) is 7.45. The minimum Gasteiger partial charge on any atom is -0.354 e. The first-order chi connectivity index (χ1) is 14.4. The smallest absolute Gasteiger partial charge is 0.267 e. The summed E-state index contributed by atoms with van der Waals surface area (Å²) in [6.07, 6.45) is 4.24. The molecular formula is C21H24N4O2S3. The molecule has 0 aromatic carbocycles. The number of anilines is 1. The molecular weight excluding hydrogens is 436 g/mol. The lowest BCUT2D eigenvalue weighted by Gasteiger charge is -2.29. The highest BCUT2D eigenvalue weighted by atomic mass is 32.2. The fourth-order valence-electron chi connectivity index (χ4n) is 3.62. The molecule has 2 fully saturated rings. The Morgan fingerprint density at radius 1 is 1.30 bits per heavy atom. The van der Waals surface area contributed by atoms with Crippen molar-refractivity contribution < 1.29 is 4.79 Å². The number of carbonyl (C=O) groups is 1. The number of fused-ring (bicyclic) bond motifs is 1. The number of thioether (sulfide) groups is 2. The molecule has 1 amide bonds. The van der Waals surface area contributed by atoms with E-state index in [0.717, 1.165) is 36.6 Å². The number of carbonyl (C=O) groups excluding carboxylic acids is 1. The Morgan fingerprint density at radius 2 is 2.03 bits per heavy atom. The van der Waals surface area contributed by atoms with E-state index in [-0.39, 0.29) is 17.5 Å². The van der Waals surface area contributed by atoms with Crippen LogP contribution < -0.4 is 10.5 Å². The number of pyridine rings is 1. The van der Waals surface area contributed by atoms with Crippen LogP contribution in [0.4, 0.5) is 5.82 Å². The van der Waals surface area contributed by atoms with Gasteiger partial charge in [0.05, 0.1) is 10.5 Å². The highest BCUT2D eigenvalue weighted by Gasteiger charge is 2.35. The van der Waals surface area contributed by atoms with Crippen LogP contribution in [0.5, 0.6) is 0 Å². The van der Waals surface area contributed by atoms with Gasteiger partial charge in [0.15, 0.2) is 0 Å². The number of rotatable bonds is 4. The Hall–Kier alpha value is -1.84. The van der Waals surface area contributed by atoms with Crippen LogP contribution in [0.25, 0.3) is 11.7 Å². The Labute approximate surface area is 189 Å². The van der Waals surface area contributed by atoms with E-state index in [1.165, 1.54) is 11.8 Å². The second-order valence-corrected chi connectivity index (χ2v) is 10.3. The molecule has 0 N–H and O–H groups in total. The largest absolute Gasteiger partial charge is 0.354 e. The third kappa shape index (κ3) is 3.78. The maximum absolute atomic E-state index is 13.5. The van der Waals surface area contributed by atoms with Crippen molar-refractivity contribution >= 4 is 63.5 Å². The van der Waals surface area contributed by atoms with E-state index in [1.54, 1.807) is 21.6 Å². The van der Waals surface area contributed by atoms with Gasteiger partial charge in [-0.1, -0.05) is 37.0 Å². The second kappa shape index (κ2) is 8.72. The first kappa shape index (κ1) is 21.4. The number of aromatic nitrogens is 2. The van der Waals surface area contributed by atoms with Crippen molar-refractivity contribution in [2.24, 2.45) is 0 Å². The van der Waals surface area contributed by atoms with E-state index in [1.807, 2.05) is 44.7 Å². The Balaban J connectivity index is 1.88. The predicted molar refractivity (Wildman–Crippen MR) is 131 cm³/mol. The monoisotopic (exact) mass is 460 g/mol. The van der Waals surface area contributed by atoms with Crippen LogP contribution in [0.2, 0.25) is 0 Å². The summed E-state index contributed by atoms with van der Waals surface area (Å²) in [6, 6.07) is 3.82. The van der Waals surface area contributed by atoms with Crippen molar-refractivity contribution in [3.05, 3.63) is 44.7 Å². The van der Waals surface area contributed by atoms with Crippen molar-refractivity contribution in [2.75, 3.05) is 29.5 Å². The molecule has 2 aliphatic heterocycles. The molecule has 1 atom stereocenters. The molecule has 2 aliphatic rings. The fourth-order valence-corrected chi connectivity index (χ4v) is 5.96. The molecule has 158 valence electrons. The topological polar surface area (TPSA) is 57.9 Å². The SMILES string of the molecule is CCC(C)N1C(=O)C(=Cc2c(N3CCSCC3)nc3c(C)cccn3c2=O)SC1=S. The summed E-state index contributed by atoms with van der Waals surface area (Å²) in [4.78, 5) is 35.7. The van der Waals surface area contributed by atoms with Gasteiger partial charge in [-0.05, 0) is 38.0 Å². The molecule has 2 aromatic rings. The van der Waals surface area contributed by atoms with Crippen LogP contribution in [0.3, 0.4) is 0 Å². The third-order valence-electron chi connectivity index (χ3n) is 5.51. The van der Waals surface area contributed by atoms with Crippen LogP contribution in [0.1, 0.15) is 31.4 Å². The number of hydrogen-bond acceptors (Lipinski definition) is 7. The molecule has 4 heterocycles. The molecule has 0 aliphatic carbocycles. The summed E-state index contributed by atoms with van der Waals surface area (Å²) in [6.45, 7) is 7.62. The summed E-state index contributed by atoms with van der Waals surface area (Å²) in [5.41, 5.74) is 1.89. The zero-order chi connectivity index (χ0) is 21.4. The number of hydrogen-bond donors (Lipinski definition) is 0. The summed E-state index contributed by atoms with van der Waals surface area (Å²) in [7, 11) is 0. The number of amides is 1. The van der Waals surface area contributed by atoms with Crippen LogP contribution >= 0.6 is 35.7 Å². The van der Waals surface area contributed by atoms with Crippen LogP contribution in [-0.4, -0.2) is 55.1 Å². The van der Waals surface area contributed by atoms with E-state index in [0.29, 0.717) is 26.3 Å².